The Balaban J connectivity index is 2.58. The minimum Gasteiger partial charge on any atom is -0.380 e. The number of aryl methyl sites for hydroxylation is 1. The first-order valence-corrected chi connectivity index (χ1v) is 5.10. The monoisotopic (exact) mass is 222 g/mol. The van der Waals surface area contributed by atoms with Crippen LogP contribution in [0.2, 0.25) is 5.02 Å². The Labute approximate surface area is 92.8 Å². The fraction of sp³-hybridized carbons (Fsp3) is 0.182. The second-order valence-electron chi connectivity index (χ2n) is 3.22. The summed E-state index contributed by atoms with van der Waals surface area (Å²) in [6.07, 6.45) is 0.910. The first kappa shape index (κ1) is 10.1. The molecule has 15 heavy (non-hydrogen) atoms. The van der Waals surface area contributed by atoms with Crippen LogP contribution in [0.4, 0.5) is 5.82 Å². The molecule has 0 unspecified atom stereocenters. The smallest absolute Gasteiger partial charge is 0.187 e. The summed E-state index contributed by atoms with van der Waals surface area (Å²) in [6, 6.07) is 7.90. The number of nitrogens with zero attached hydrogens (tertiary/aromatic N) is 1. The third kappa shape index (κ3) is 1.70. The van der Waals surface area contributed by atoms with Gasteiger partial charge in [-0.2, -0.15) is 0 Å². The number of nitrogens with two attached hydrogens (primary N) is 1. The van der Waals surface area contributed by atoms with E-state index < -0.39 is 0 Å². The maximum atomic E-state index is 5.99. The van der Waals surface area contributed by atoms with E-state index in [4.69, 9.17) is 21.9 Å². The van der Waals surface area contributed by atoms with Crippen molar-refractivity contribution in [1.82, 2.24) is 5.16 Å². The highest BCUT2D eigenvalue weighted by atomic mass is 35.5. The van der Waals surface area contributed by atoms with Crippen molar-refractivity contribution in [3.63, 3.8) is 0 Å². The zero-order chi connectivity index (χ0) is 10.8. The zero-order valence-corrected chi connectivity index (χ0v) is 9.08. The van der Waals surface area contributed by atoms with E-state index in [2.05, 4.69) is 12.1 Å². The highest BCUT2D eigenvalue weighted by Crippen LogP contribution is 2.34. The van der Waals surface area contributed by atoms with E-state index in [0.29, 0.717) is 10.8 Å². The van der Waals surface area contributed by atoms with Gasteiger partial charge in [-0.3, -0.25) is 0 Å². The molecule has 0 saturated carbocycles. The van der Waals surface area contributed by atoms with E-state index in [0.717, 1.165) is 17.5 Å². The second-order valence-corrected chi connectivity index (χ2v) is 3.60. The molecule has 0 saturated heterocycles. The standard InChI is InChI=1S/C11H11ClN2O/c1-2-7-5-3-4-6-8(7)10-9(12)11(13)14-15-10/h3-6H,2H2,1H3,(H2,13,14). The number of nitrogen functional groups attached to an aromatic ring is 1. The van der Waals surface area contributed by atoms with Crippen molar-refractivity contribution in [2.24, 2.45) is 0 Å². The van der Waals surface area contributed by atoms with Gasteiger partial charge < -0.3 is 10.3 Å². The molecule has 78 valence electrons. The number of hydrogen-bond acceptors (Lipinski definition) is 3. The normalized spacial score (nSPS) is 10.5. The fourth-order valence-corrected chi connectivity index (χ4v) is 1.68. The van der Waals surface area contributed by atoms with E-state index in [9.17, 15) is 0 Å². The van der Waals surface area contributed by atoms with E-state index >= 15 is 0 Å². The van der Waals surface area contributed by atoms with Crippen LogP contribution in [0.1, 0.15) is 12.5 Å². The van der Waals surface area contributed by atoms with Crippen LogP contribution in [0.5, 0.6) is 0 Å². The highest BCUT2D eigenvalue weighted by Gasteiger charge is 2.15. The lowest BCUT2D eigenvalue weighted by Crippen LogP contribution is -1.86. The summed E-state index contributed by atoms with van der Waals surface area (Å²) in [7, 11) is 0. The summed E-state index contributed by atoms with van der Waals surface area (Å²) in [5.74, 6) is 0.782. The van der Waals surface area contributed by atoms with Gasteiger partial charge in [0.2, 0.25) is 0 Å². The molecule has 1 aromatic heterocycles. The largest absolute Gasteiger partial charge is 0.380 e. The molecule has 0 radical (unpaired) electrons. The van der Waals surface area contributed by atoms with E-state index in [1.807, 2.05) is 24.3 Å². The van der Waals surface area contributed by atoms with Crippen molar-refractivity contribution in [2.75, 3.05) is 5.73 Å². The Morgan fingerprint density at radius 2 is 2.13 bits per heavy atom. The molecule has 0 fully saturated rings. The molecule has 2 aromatic rings. The van der Waals surface area contributed by atoms with E-state index in [1.54, 1.807) is 0 Å². The summed E-state index contributed by atoms with van der Waals surface area (Å²) < 4.78 is 5.12. The molecular weight excluding hydrogens is 212 g/mol. The number of halogens is 1. The lowest BCUT2D eigenvalue weighted by molar-refractivity contribution is 0.435. The van der Waals surface area contributed by atoms with Crippen LogP contribution in [0.25, 0.3) is 11.3 Å². The highest BCUT2D eigenvalue weighted by molar-refractivity contribution is 6.35. The minimum absolute atomic E-state index is 0.234. The van der Waals surface area contributed by atoms with Crippen molar-refractivity contribution < 1.29 is 4.52 Å². The lowest BCUT2D eigenvalue weighted by Gasteiger charge is -2.03. The van der Waals surface area contributed by atoms with Gasteiger partial charge in [0, 0.05) is 5.56 Å². The van der Waals surface area contributed by atoms with Gasteiger partial charge in [0.25, 0.3) is 0 Å². The Morgan fingerprint density at radius 3 is 2.73 bits per heavy atom. The Hall–Kier alpha value is -1.48. The topological polar surface area (TPSA) is 52.0 Å². The van der Waals surface area contributed by atoms with Crippen molar-refractivity contribution in [1.29, 1.82) is 0 Å². The molecule has 0 aliphatic carbocycles. The van der Waals surface area contributed by atoms with Gasteiger partial charge in [0.15, 0.2) is 11.6 Å². The molecular formula is C11H11ClN2O. The summed E-state index contributed by atoms with van der Waals surface area (Å²) in [5.41, 5.74) is 7.65. The molecule has 0 aliphatic heterocycles. The fourth-order valence-electron chi connectivity index (χ4n) is 1.51. The molecule has 2 N–H and O–H groups in total. The molecule has 1 heterocycles. The summed E-state index contributed by atoms with van der Waals surface area (Å²) >= 11 is 5.99. The Bertz CT molecular complexity index is 479. The van der Waals surface area contributed by atoms with Crippen LogP contribution in [0.3, 0.4) is 0 Å². The van der Waals surface area contributed by atoms with Crippen LogP contribution in [-0.4, -0.2) is 5.16 Å². The van der Waals surface area contributed by atoms with E-state index in [-0.39, 0.29) is 5.82 Å². The van der Waals surface area contributed by atoms with Gasteiger partial charge in [-0.15, -0.1) is 0 Å². The maximum Gasteiger partial charge on any atom is 0.187 e. The third-order valence-corrected chi connectivity index (χ3v) is 2.67. The summed E-state index contributed by atoms with van der Waals surface area (Å²) in [4.78, 5) is 0. The maximum absolute atomic E-state index is 5.99. The first-order valence-electron chi connectivity index (χ1n) is 4.73. The first-order chi connectivity index (χ1) is 7.24. The molecule has 2 rings (SSSR count). The SMILES string of the molecule is CCc1ccccc1-c1onc(N)c1Cl. The Kier molecular flexibility index (Phi) is 2.64. The van der Waals surface area contributed by atoms with E-state index in [1.165, 1.54) is 0 Å². The minimum atomic E-state index is 0.234. The number of aromatic nitrogens is 1. The quantitative estimate of drug-likeness (QED) is 0.849. The molecule has 0 amide bonds. The average Bonchev–Trinajstić information content (AvgIpc) is 2.60. The molecule has 0 atom stereocenters. The predicted molar refractivity (Wildman–Crippen MR) is 60.7 cm³/mol. The van der Waals surface area contributed by atoms with Crippen LogP contribution in [0, 0.1) is 0 Å². The molecule has 3 nitrogen and oxygen atoms in total. The van der Waals surface area contributed by atoms with Crippen molar-refractivity contribution in [3.8, 4) is 11.3 Å². The Morgan fingerprint density at radius 1 is 1.40 bits per heavy atom. The van der Waals surface area contributed by atoms with Gasteiger partial charge in [0.05, 0.1) is 0 Å². The van der Waals surface area contributed by atoms with Crippen LogP contribution in [0.15, 0.2) is 28.8 Å². The van der Waals surface area contributed by atoms with Gasteiger partial charge >= 0.3 is 0 Å². The molecule has 0 bridgehead atoms. The molecule has 1 aromatic carbocycles. The summed E-state index contributed by atoms with van der Waals surface area (Å²) in [5, 5.41) is 4.02. The van der Waals surface area contributed by atoms with Crippen molar-refractivity contribution >= 4 is 17.4 Å². The van der Waals surface area contributed by atoms with Gasteiger partial charge in [-0.1, -0.05) is 47.9 Å². The predicted octanol–water partition coefficient (Wildman–Crippen LogP) is 3.14. The molecule has 0 spiro atoms. The second kappa shape index (κ2) is 3.95. The lowest BCUT2D eigenvalue weighted by atomic mass is 10.0. The summed E-state index contributed by atoms with van der Waals surface area (Å²) in [6.45, 7) is 2.08. The van der Waals surface area contributed by atoms with Gasteiger partial charge in [-0.25, -0.2) is 0 Å². The molecule has 0 aliphatic rings. The van der Waals surface area contributed by atoms with Gasteiger partial charge in [0.1, 0.15) is 5.02 Å². The van der Waals surface area contributed by atoms with Crippen LogP contribution < -0.4 is 5.73 Å². The van der Waals surface area contributed by atoms with Gasteiger partial charge in [-0.05, 0) is 12.0 Å². The van der Waals surface area contributed by atoms with Crippen LogP contribution in [-0.2, 0) is 6.42 Å². The van der Waals surface area contributed by atoms with Crippen molar-refractivity contribution in [3.05, 3.63) is 34.9 Å². The number of benzene rings is 1. The number of anilines is 1. The third-order valence-electron chi connectivity index (χ3n) is 2.30. The number of hydrogen-bond donors (Lipinski definition) is 1. The van der Waals surface area contributed by atoms with Crippen LogP contribution >= 0.6 is 11.6 Å². The molecule has 4 heteroatoms. The average molecular weight is 223 g/mol. The zero-order valence-electron chi connectivity index (χ0n) is 8.33. The van der Waals surface area contributed by atoms with Crippen molar-refractivity contribution in [2.45, 2.75) is 13.3 Å². The number of rotatable bonds is 2.